The number of aromatic nitrogens is 2. The number of hydrogen-bond acceptors (Lipinski definition) is 4. The first kappa shape index (κ1) is 17.5. The van der Waals surface area contributed by atoms with Crippen molar-refractivity contribution in [1.29, 1.82) is 0 Å². The van der Waals surface area contributed by atoms with Crippen molar-refractivity contribution in [2.24, 2.45) is 0 Å². The number of hydrogen-bond donors (Lipinski definition) is 0. The van der Waals surface area contributed by atoms with E-state index in [1.807, 2.05) is 18.3 Å². The summed E-state index contributed by atoms with van der Waals surface area (Å²) >= 11 is 0. The molecule has 4 heteroatoms. The number of likely N-dealkylation sites (tertiary alicyclic amines) is 1. The SMILES string of the molecule is COc1cccc(-c2nccnc2C2CCCN(C3CCCCC3)C2)c1. The summed E-state index contributed by atoms with van der Waals surface area (Å²) in [6.07, 6.45) is 13.1. The standard InChI is InChI=1S/C22H29N3O/c1-26-20-11-5-7-17(15-20)21-22(24-13-12-23-21)18-8-6-14-25(16-18)19-9-3-2-4-10-19/h5,7,11-13,15,18-19H,2-4,6,8-10,14,16H2,1H3. The molecule has 0 amide bonds. The van der Waals surface area contributed by atoms with Crippen molar-refractivity contribution in [3.05, 3.63) is 42.4 Å². The topological polar surface area (TPSA) is 38.3 Å². The second kappa shape index (κ2) is 8.17. The van der Waals surface area contributed by atoms with Gasteiger partial charge >= 0.3 is 0 Å². The normalized spacial score (nSPS) is 22.3. The molecule has 1 aliphatic carbocycles. The van der Waals surface area contributed by atoms with Gasteiger partial charge in [0.1, 0.15) is 5.75 Å². The summed E-state index contributed by atoms with van der Waals surface area (Å²) in [6.45, 7) is 2.37. The zero-order chi connectivity index (χ0) is 17.8. The predicted octanol–water partition coefficient (Wildman–Crippen LogP) is 4.66. The number of rotatable bonds is 4. The van der Waals surface area contributed by atoms with Gasteiger partial charge in [-0.15, -0.1) is 0 Å². The molecule has 4 nitrogen and oxygen atoms in total. The summed E-state index contributed by atoms with van der Waals surface area (Å²) in [5.41, 5.74) is 3.27. The molecular formula is C22H29N3O. The first-order chi connectivity index (χ1) is 12.8. The maximum atomic E-state index is 5.40. The van der Waals surface area contributed by atoms with E-state index in [4.69, 9.17) is 14.7 Å². The van der Waals surface area contributed by atoms with Gasteiger partial charge in [-0.3, -0.25) is 14.9 Å². The molecule has 2 aliphatic rings. The minimum Gasteiger partial charge on any atom is -0.497 e. The third-order valence-corrected chi connectivity index (χ3v) is 6.00. The molecular weight excluding hydrogens is 322 g/mol. The van der Waals surface area contributed by atoms with Crippen LogP contribution in [-0.4, -0.2) is 41.1 Å². The van der Waals surface area contributed by atoms with Crippen LogP contribution in [0.1, 0.15) is 56.6 Å². The number of nitrogens with zero attached hydrogens (tertiary/aromatic N) is 3. The Bertz CT molecular complexity index is 727. The Hall–Kier alpha value is -1.94. The summed E-state index contributed by atoms with van der Waals surface area (Å²) in [6, 6.07) is 8.96. The molecule has 1 unspecified atom stereocenters. The quantitative estimate of drug-likeness (QED) is 0.803. The molecule has 0 radical (unpaired) electrons. The average molecular weight is 351 g/mol. The lowest BCUT2D eigenvalue weighted by molar-refractivity contribution is 0.118. The highest BCUT2D eigenvalue weighted by Gasteiger charge is 2.29. The van der Waals surface area contributed by atoms with Crippen LogP contribution in [0.4, 0.5) is 0 Å². The van der Waals surface area contributed by atoms with Gasteiger partial charge < -0.3 is 4.74 Å². The molecule has 26 heavy (non-hydrogen) atoms. The van der Waals surface area contributed by atoms with Crippen LogP contribution in [0.3, 0.4) is 0 Å². The van der Waals surface area contributed by atoms with Crippen LogP contribution in [0.2, 0.25) is 0 Å². The Morgan fingerprint density at radius 3 is 2.69 bits per heavy atom. The number of benzene rings is 1. The van der Waals surface area contributed by atoms with Crippen LogP contribution in [0, 0.1) is 0 Å². The number of methoxy groups -OCH3 is 1. The summed E-state index contributed by atoms with van der Waals surface area (Å²) in [5.74, 6) is 1.34. The highest BCUT2D eigenvalue weighted by molar-refractivity contribution is 5.64. The highest BCUT2D eigenvalue weighted by atomic mass is 16.5. The average Bonchev–Trinajstić information content (AvgIpc) is 2.74. The molecule has 138 valence electrons. The molecule has 2 heterocycles. The summed E-state index contributed by atoms with van der Waals surface area (Å²) in [7, 11) is 1.71. The zero-order valence-electron chi connectivity index (χ0n) is 15.7. The fourth-order valence-corrected chi connectivity index (χ4v) is 4.65. The molecule has 4 rings (SSSR count). The van der Waals surface area contributed by atoms with E-state index in [-0.39, 0.29) is 0 Å². The molecule has 1 atom stereocenters. The fraction of sp³-hybridized carbons (Fsp3) is 0.545. The molecule has 0 bridgehead atoms. The maximum Gasteiger partial charge on any atom is 0.119 e. The monoisotopic (exact) mass is 351 g/mol. The first-order valence-corrected chi connectivity index (χ1v) is 10.0. The summed E-state index contributed by atoms with van der Waals surface area (Å²) in [5, 5.41) is 0. The van der Waals surface area contributed by atoms with Crippen molar-refractivity contribution in [1.82, 2.24) is 14.9 Å². The van der Waals surface area contributed by atoms with Crippen LogP contribution in [0.25, 0.3) is 11.3 Å². The van der Waals surface area contributed by atoms with Gasteiger partial charge in [-0.1, -0.05) is 31.4 Å². The van der Waals surface area contributed by atoms with Crippen molar-refractivity contribution in [2.75, 3.05) is 20.2 Å². The number of ether oxygens (including phenoxy) is 1. The van der Waals surface area contributed by atoms with Crippen molar-refractivity contribution in [3.8, 4) is 17.0 Å². The van der Waals surface area contributed by atoms with Gasteiger partial charge in [-0.05, 0) is 44.4 Å². The molecule has 0 N–H and O–H groups in total. The van der Waals surface area contributed by atoms with Crippen molar-refractivity contribution in [2.45, 2.75) is 56.9 Å². The van der Waals surface area contributed by atoms with E-state index >= 15 is 0 Å². The van der Waals surface area contributed by atoms with Gasteiger partial charge in [-0.25, -0.2) is 0 Å². The molecule has 1 saturated heterocycles. The Labute approximate surface area is 156 Å². The van der Waals surface area contributed by atoms with Gasteiger partial charge in [0.2, 0.25) is 0 Å². The van der Waals surface area contributed by atoms with Crippen LogP contribution in [-0.2, 0) is 0 Å². The van der Waals surface area contributed by atoms with Crippen molar-refractivity contribution >= 4 is 0 Å². The lowest BCUT2D eigenvalue weighted by Gasteiger charge is -2.40. The van der Waals surface area contributed by atoms with Crippen molar-refractivity contribution in [3.63, 3.8) is 0 Å². The van der Waals surface area contributed by atoms with E-state index in [0.29, 0.717) is 5.92 Å². The maximum absolute atomic E-state index is 5.40. The van der Waals surface area contributed by atoms with Crippen LogP contribution in [0.15, 0.2) is 36.7 Å². The van der Waals surface area contributed by atoms with Crippen LogP contribution < -0.4 is 4.74 Å². The summed E-state index contributed by atoms with van der Waals surface area (Å²) in [4.78, 5) is 12.2. The molecule has 2 aromatic rings. The predicted molar refractivity (Wildman–Crippen MR) is 104 cm³/mol. The van der Waals surface area contributed by atoms with Gasteiger partial charge in [0.25, 0.3) is 0 Å². The Morgan fingerprint density at radius 1 is 1.00 bits per heavy atom. The van der Waals surface area contributed by atoms with E-state index in [1.165, 1.54) is 51.5 Å². The summed E-state index contributed by atoms with van der Waals surface area (Å²) < 4.78 is 5.40. The third kappa shape index (κ3) is 3.75. The lowest BCUT2D eigenvalue weighted by Crippen LogP contribution is -2.43. The molecule has 1 aliphatic heterocycles. The van der Waals surface area contributed by atoms with Gasteiger partial charge in [0.15, 0.2) is 0 Å². The Morgan fingerprint density at radius 2 is 1.85 bits per heavy atom. The fourth-order valence-electron chi connectivity index (χ4n) is 4.65. The first-order valence-electron chi connectivity index (χ1n) is 10.0. The minimum absolute atomic E-state index is 0.473. The van der Waals surface area contributed by atoms with E-state index in [2.05, 4.69) is 17.0 Å². The molecule has 0 spiro atoms. The van der Waals surface area contributed by atoms with Crippen LogP contribution >= 0.6 is 0 Å². The zero-order valence-corrected chi connectivity index (χ0v) is 15.7. The lowest BCUT2D eigenvalue weighted by atomic mass is 9.87. The van der Waals surface area contributed by atoms with Crippen LogP contribution in [0.5, 0.6) is 5.75 Å². The smallest absolute Gasteiger partial charge is 0.119 e. The highest BCUT2D eigenvalue weighted by Crippen LogP contribution is 2.35. The second-order valence-corrected chi connectivity index (χ2v) is 7.65. The molecule has 1 aromatic carbocycles. The van der Waals surface area contributed by atoms with Gasteiger partial charge in [-0.2, -0.15) is 0 Å². The Balaban J connectivity index is 1.59. The molecule has 1 aromatic heterocycles. The van der Waals surface area contributed by atoms with E-state index in [0.717, 1.165) is 35.3 Å². The second-order valence-electron chi connectivity index (χ2n) is 7.65. The minimum atomic E-state index is 0.473. The van der Waals surface area contributed by atoms with Crippen molar-refractivity contribution < 1.29 is 4.74 Å². The van der Waals surface area contributed by atoms with Gasteiger partial charge in [0, 0.05) is 36.5 Å². The van der Waals surface area contributed by atoms with E-state index in [9.17, 15) is 0 Å². The third-order valence-electron chi connectivity index (χ3n) is 6.00. The molecule has 2 fully saturated rings. The van der Waals surface area contributed by atoms with E-state index < -0.39 is 0 Å². The van der Waals surface area contributed by atoms with E-state index in [1.54, 1.807) is 13.3 Å². The molecule has 1 saturated carbocycles. The largest absolute Gasteiger partial charge is 0.497 e. The Kier molecular flexibility index (Phi) is 5.49. The number of piperidine rings is 1. The van der Waals surface area contributed by atoms with Gasteiger partial charge in [0.05, 0.1) is 18.5 Å².